The van der Waals surface area contributed by atoms with Gasteiger partial charge in [-0.2, -0.15) is 0 Å². The number of aliphatic hydroxyl groups is 1. The molecule has 0 amide bonds. The van der Waals surface area contributed by atoms with Crippen LogP contribution in [0.15, 0.2) is 16.7 Å². The van der Waals surface area contributed by atoms with E-state index in [0.29, 0.717) is 0 Å². The first kappa shape index (κ1) is 8.34. The fourth-order valence-corrected chi connectivity index (χ4v) is 1.04. The minimum atomic E-state index is -0.218. The molecule has 2 nitrogen and oxygen atoms in total. The van der Waals surface area contributed by atoms with Crippen LogP contribution in [0.1, 0.15) is 24.7 Å². The zero-order chi connectivity index (χ0) is 8.27. The summed E-state index contributed by atoms with van der Waals surface area (Å²) in [7, 11) is 0. The lowest BCUT2D eigenvalue weighted by molar-refractivity contribution is 0.185. The highest BCUT2D eigenvalue weighted by Gasteiger charge is 2.02. The molecule has 0 saturated heterocycles. The highest BCUT2D eigenvalue weighted by Crippen LogP contribution is 2.11. The van der Waals surface area contributed by atoms with Gasteiger partial charge >= 0.3 is 0 Å². The molecule has 1 aromatic heterocycles. The highest BCUT2D eigenvalue weighted by molar-refractivity contribution is 5.15. The molecule has 1 rings (SSSR count). The van der Waals surface area contributed by atoms with Crippen molar-refractivity contribution in [1.29, 1.82) is 0 Å². The molecule has 2 heteroatoms. The summed E-state index contributed by atoms with van der Waals surface area (Å²) in [6.45, 7) is 3.74. The number of aliphatic hydroxyl groups excluding tert-OH is 1. The van der Waals surface area contributed by atoms with E-state index in [9.17, 15) is 0 Å². The molecule has 1 atom stereocenters. The van der Waals surface area contributed by atoms with Gasteiger partial charge < -0.3 is 9.52 Å². The van der Waals surface area contributed by atoms with Crippen LogP contribution in [0, 0.1) is 6.92 Å². The minimum Gasteiger partial charge on any atom is -0.469 e. The van der Waals surface area contributed by atoms with Crippen molar-refractivity contribution < 1.29 is 9.52 Å². The quantitative estimate of drug-likeness (QED) is 0.721. The van der Waals surface area contributed by atoms with Gasteiger partial charge in [0.1, 0.15) is 5.76 Å². The molecule has 1 aromatic rings. The molecule has 1 N–H and O–H groups in total. The van der Waals surface area contributed by atoms with Crippen LogP contribution in [0.4, 0.5) is 0 Å². The van der Waals surface area contributed by atoms with Crippen molar-refractivity contribution in [2.24, 2.45) is 0 Å². The second-order valence-corrected chi connectivity index (χ2v) is 2.89. The summed E-state index contributed by atoms with van der Waals surface area (Å²) in [6.07, 6.45) is 3.18. The number of hydrogen-bond acceptors (Lipinski definition) is 2. The largest absolute Gasteiger partial charge is 0.469 e. The lowest BCUT2D eigenvalue weighted by Gasteiger charge is -2.01. The molecule has 0 aliphatic rings. The van der Waals surface area contributed by atoms with E-state index in [2.05, 4.69) is 0 Å². The zero-order valence-corrected chi connectivity index (χ0v) is 7.00. The fraction of sp³-hybridized carbons (Fsp3) is 0.556. The van der Waals surface area contributed by atoms with Gasteiger partial charge in [-0.25, -0.2) is 0 Å². The van der Waals surface area contributed by atoms with Gasteiger partial charge in [0, 0.05) is 0 Å². The monoisotopic (exact) mass is 154 g/mol. The standard InChI is InChI=1S/C9H14O2/c1-7(10)3-4-9-5-6-11-8(9)2/h5-7,10H,3-4H2,1-2H3/t7-/m0/s1. The van der Waals surface area contributed by atoms with E-state index < -0.39 is 0 Å². The predicted molar refractivity (Wildman–Crippen MR) is 43.4 cm³/mol. The first-order valence-electron chi connectivity index (χ1n) is 3.91. The van der Waals surface area contributed by atoms with Gasteiger partial charge in [-0.3, -0.25) is 0 Å². The molecule has 0 saturated carbocycles. The topological polar surface area (TPSA) is 33.4 Å². The first-order chi connectivity index (χ1) is 5.20. The van der Waals surface area contributed by atoms with Gasteiger partial charge in [-0.15, -0.1) is 0 Å². The fourth-order valence-electron chi connectivity index (χ4n) is 1.04. The van der Waals surface area contributed by atoms with Crippen LogP contribution in [0.5, 0.6) is 0 Å². The molecule has 0 aliphatic carbocycles. The van der Waals surface area contributed by atoms with E-state index in [1.54, 1.807) is 13.2 Å². The Balaban J connectivity index is 2.44. The molecule has 1 heterocycles. The van der Waals surface area contributed by atoms with E-state index >= 15 is 0 Å². The normalized spacial score (nSPS) is 13.4. The van der Waals surface area contributed by atoms with Crippen molar-refractivity contribution in [2.75, 3.05) is 0 Å². The minimum absolute atomic E-state index is 0.218. The number of hydrogen-bond donors (Lipinski definition) is 1. The Morgan fingerprint density at radius 2 is 2.36 bits per heavy atom. The van der Waals surface area contributed by atoms with Crippen LogP contribution in [0.2, 0.25) is 0 Å². The third-order valence-electron chi connectivity index (χ3n) is 1.80. The Bertz CT molecular complexity index is 213. The average molecular weight is 154 g/mol. The van der Waals surface area contributed by atoms with Gasteiger partial charge in [0.05, 0.1) is 12.4 Å². The molecule has 62 valence electrons. The maximum Gasteiger partial charge on any atom is 0.103 e. The Morgan fingerprint density at radius 1 is 1.64 bits per heavy atom. The number of aryl methyl sites for hydroxylation is 2. The Labute approximate surface area is 66.8 Å². The molecule has 0 aliphatic heterocycles. The average Bonchev–Trinajstić information content (AvgIpc) is 2.31. The Morgan fingerprint density at radius 3 is 2.82 bits per heavy atom. The summed E-state index contributed by atoms with van der Waals surface area (Å²) in [5.74, 6) is 0.964. The number of furan rings is 1. The number of rotatable bonds is 3. The van der Waals surface area contributed by atoms with E-state index in [1.165, 1.54) is 5.56 Å². The van der Waals surface area contributed by atoms with Crippen molar-refractivity contribution in [3.8, 4) is 0 Å². The summed E-state index contributed by atoms with van der Waals surface area (Å²) in [6, 6.07) is 1.96. The SMILES string of the molecule is Cc1occc1CC[C@H](C)O. The van der Waals surface area contributed by atoms with Crippen molar-refractivity contribution in [2.45, 2.75) is 32.8 Å². The lowest BCUT2D eigenvalue weighted by Crippen LogP contribution is -2.01. The Hall–Kier alpha value is -0.760. The predicted octanol–water partition coefficient (Wildman–Crippen LogP) is 1.90. The van der Waals surface area contributed by atoms with Gasteiger partial charge in [-0.1, -0.05) is 0 Å². The van der Waals surface area contributed by atoms with Crippen molar-refractivity contribution in [3.63, 3.8) is 0 Å². The van der Waals surface area contributed by atoms with Gasteiger partial charge in [0.15, 0.2) is 0 Å². The summed E-state index contributed by atoms with van der Waals surface area (Å²) in [4.78, 5) is 0. The van der Waals surface area contributed by atoms with E-state index in [-0.39, 0.29) is 6.10 Å². The summed E-state index contributed by atoms with van der Waals surface area (Å²) in [5.41, 5.74) is 1.20. The Kier molecular flexibility index (Phi) is 2.71. The van der Waals surface area contributed by atoms with E-state index in [1.807, 2.05) is 13.0 Å². The lowest BCUT2D eigenvalue weighted by atomic mass is 10.1. The van der Waals surface area contributed by atoms with Crippen LogP contribution in [0.3, 0.4) is 0 Å². The molecule has 0 fully saturated rings. The van der Waals surface area contributed by atoms with Gasteiger partial charge in [0.2, 0.25) is 0 Å². The van der Waals surface area contributed by atoms with E-state index in [0.717, 1.165) is 18.6 Å². The molecular weight excluding hydrogens is 140 g/mol. The van der Waals surface area contributed by atoms with Gasteiger partial charge in [0.25, 0.3) is 0 Å². The molecule has 0 unspecified atom stereocenters. The van der Waals surface area contributed by atoms with Crippen LogP contribution >= 0.6 is 0 Å². The second kappa shape index (κ2) is 3.58. The second-order valence-electron chi connectivity index (χ2n) is 2.89. The van der Waals surface area contributed by atoms with Crippen molar-refractivity contribution in [1.82, 2.24) is 0 Å². The smallest absolute Gasteiger partial charge is 0.103 e. The van der Waals surface area contributed by atoms with Crippen LogP contribution < -0.4 is 0 Å². The zero-order valence-electron chi connectivity index (χ0n) is 7.00. The third kappa shape index (κ3) is 2.39. The van der Waals surface area contributed by atoms with Gasteiger partial charge in [-0.05, 0) is 38.3 Å². The summed E-state index contributed by atoms with van der Waals surface area (Å²) < 4.78 is 5.12. The molecule has 0 aromatic carbocycles. The van der Waals surface area contributed by atoms with Crippen LogP contribution in [-0.4, -0.2) is 11.2 Å². The molecular formula is C9H14O2. The van der Waals surface area contributed by atoms with E-state index in [4.69, 9.17) is 9.52 Å². The summed E-state index contributed by atoms with van der Waals surface area (Å²) in [5, 5.41) is 9.01. The highest BCUT2D eigenvalue weighted by atomic mass is 16.3. The first-order valence-corrected chi connectivity index (χ1v) is 3.91. The molecule has 0 radical (unpaired) electrons. The van der Waals surface area contributed by atoms with Crippen LogP contribution in [0.25, 0.3) is 0 Å². The van der Waals surface area contributed by atoms with Crippen molar-refractivity contribution >= 4 is 0 Å². The van der Waals surface area contributed by atoms with Crippen molar-refractivity contribution in [3.05, 3.63) is 23.7 Å². The maximum absolute atomic E-state index is 9.01. The summed E-state index contributed by atoms with van der Waals surface area (Å²) >= 11 is 0. The molecule has 11 heavy (non-hydrogen) atoms. The molecule has 0 bridgehead atoms. The third-order valence-corrected chi connectivity index (χ3v) is 1.80. The van der Waals surface area contributed by atoms with Crippen LogP contribution in [-0.2, 0) is 6.42 Å². The maximum atomic E-state index is 9.01. The molecule has 0 spiro atoms.